The molecular formula is C15H21ClO2. The summed E-state index contributed by atoms with van der Waals surface area (Å²) in [7, 11) is 0. The summed E-state index contributed by atoms with van der Waals surface area (Å²) < 4.78 is 5.32. The number of hydrogen-bond donors (Lipinski definition) is 0. The number of hydrogen-bond acceptors (Lipinski definition) is 2. The molecule has 0 saturated heterocycles. The van der Waals surface area contributed by atoms with E-state index in [1.54, 1.807) is 0 Å². The number of aryl methyl sites for hydroxylation is 1. The SMILES string of the molecule is Cc1ccc(C(C)C(=O)OCC(C)(C)CCl)cc1. The molecule has 0 saturated carbocycles. The standard InChI is InChI=1S/C15H21ClO2/c1-11-5-7-13(8-6-11)12(2)14(17)18-10-15(3,4)9-16/h5-8,12H,9-10H2,1-4H3. The van der Waals surface area contributed by atoms with Crippen LogP contribution >= 0.6 is 11.6 Å². The van der Waals surface area contributed by atoms with Gasteiger partial charge in [0.15, 0.2) is 0 Å². The van der Waals surface area contributed by atoms with Gasteiger partial charge in [-0.2, -0.15) is 0 Å². The predicted molar refractivity (Wildman–Crippen MR) is 75.1 cm³/mol. The molecule has 18 heavy (non-hydrogen) atoms. The van der Waals surface area contributed by atoms with Crippen LogP contribution in [-0.2, 0) is 9.53 Å². The van der Waals surface area contributed by atoms with Crippen LogP contribution in [-0.4, -0.2) is 18.5 Å². The third-order valence-electron chi connectivity index (χ3n) is 2.90. The summed E-state index contributed by atoms with van der Waals surface area (Å²) in [5.74, 6) is 0.0351. The van der Waals surface area contributed by atoms with E-state index in [2.05, 4.69) is 0 Å². The highest BCUT2D eigenvalue weighted by molar-refractivity contribution is 6.18. The fourth-order valence-electron chi connectivity index (χ4n) is 1.42. The van der Waals surface area contributed by atoms with Gasteiger partial charge in [0, 0.05) is 11.3 Å². The van der Waals surface area contributed by atoms with Crippen molar-refractivity contribution in [2.24, 2.45) is 5.41 Å². The minimum Gasteiger partial charge on any atom is -0.465 e. The Kier molecular flexibility index (Phi) is 5.21. The van der Waals surface area contributed by atoms with Gasteiger partial charge in [-0.3, -0.25) is 4.79 Å². The Hall–Kier alpha value is -1.02. The Morgan fingerprint density at radius 1 is 1.33 bits per heavy atom. The van der Waals surface area contributed by atoms with Gasteiger partial charge in [0.2, 0.25) is 0 Å². The highest BCUT2D eigenvalue weighted by atomic mass is 35.5. The smallest absolute Gasteiger partial charge is 0.313 e. The van der Waals surface area contributed by atoms with Gasteiger partial charge < -0.3 is 4.74 Å². The number of rotatable bonds is 5. The summed E-state index contributed by atoms with van der Waals surface area (Å²) in [5, 5.41) is 0. The zero-order valence-electron chi connectivity index (χ0n) is 11.5. The van der Waals surface area contributed by atoms with Crippen molar-refractivity contribution in [3.05, 3.63) is 35.4 Å². The molecule has 0 aliphatic carbocycles. The molecule has 0 heterocycles. The van der Waals surface area contributed by atoms with Crippen molar-refractivity contribution in [3.63, 3.8) is 0 Å². The van der Waals surface area contributed by atoms with Crippen LogP contribution in [0.2, 0.25) is 0 Å². The van der Waals surface area contributed by atoms with Crippen molar-refractivity contribution < 1.29 is 9.53 Å². The van der Waals surface area contributed by atoms with E-state index >= 15 is 0 Å². The van der Waals surface area contributed by atoms with Crippen LogP contribution in [0.4, 0.5) is 0 Å². The van der Waals surface area contributed by atoms with Crippen LogP contribution in [0.25, 0.3) is 0 Å². The summed E-state index contributed by atoms with van der Waals surface area (Å²) in [4.78, 5) is 11.9. The van der Waals surface area contributed by atoms with Gasteiger partial charge in [0.05, 0.1) is 12.5 Å². The second kappa shape index (κ2) is 6.24. The molecule has 1 aromatic carbocycles. The van der Waals surface area contributed by atoms with Gasteiger partial charge in [-0.15, -0.1) is 11.6 Å². The summed E-state index contributed by atoms with van der Waals surface area (Å²) >= 11 is 5.80. The molecule has 0 radical (unpaired) electrons. The first kappa shape index (κ1) is 15.0. The molecule has 1 atom stereocenters. The minimum absolute atomic E-state index is 0.176. The van der Waals surface area contributed by atoms with Crippen LogP contribution in [0.5, 0.6) is 0 Å². The van der Waals surface area contributed by atoms with Gasteiger partial charge in [0.1, 0.15) is 0 Å². The van der Waals surface area contributed by atoms with Gasteiger partial charge in [-0.1, -0.05) is 43.7 Å². The number of benzene rings is 1. The van der Waals surface area contributed by atoms with E-state index in [9.17, 15) is 4.79 Å². The Morgan fingerprint density at radius 2 is 1.89 bits per heavy atom. The number of carbonyl (C=O) groups is 1. The van der Waals surface area contributed by atoms with Crippen LogP contribution < -0.4 is 0 Å². The maximum absolute atomic E-state index is 11.9. The van der Waals surface area contributed by atoms with E-state index in [1.165, 1.54) is 5.56 Å². The highest BCUT2D eigenvalue weighted by Crippen LogP contribution is 2.21. The molecule has 0 N–H and O–H groups in total. The lowest BCUT2D eigenvalue weighted by atomic mass is 9.97. The first-order chi connectivity index (χ1) is 8.35. The molecule has 0 aliphatic heterocycles. The molecule has 3 heteroatoms. The fourth-order valence-corrected chi connectivity index (χ4v) is 1.50. The second-order valence-corrected chi connectivity index (χ2v) is 5.81. The van der Waals surface area contributed by atoms with Crippen molar-refractivity contribution in [1.82, 2.24) is 0 Å². The zero-order valence-corrected chi connectivity index (χ0v) is 12.3. The lowest BCUT2D eigenvalue weighted by molar-refractivity contribution is -0.147. The Balaban J connectivity index is 2.59. The molecule has 0 bridgehead atoms. The fraction of sp³-hybridized carbons (Fsp3) is 0.533. The molecule has 100 valence electrons. The average molecular weight is 269 g/mol. The zero-order chi connectivity index (χ0) is 13.8. The van der Waals surface area contributed by atoms with Gasteiger partial charge in [-0.05, 0) is 19.4 Å². The number of carbonyl (C=O) groups excluding carboxylic acids is 1. The quantitative estimate of drug-likeness (QED) is 0.598. The van der Waals surface area contributed by atoms with Crippen molar-refractivity contribution >= 4 is 17.6 Å². The van der Waals surface area contributed by atoms with E-state index in [0.29, 0.717) is 12.5 Å². The second-order valence-electron chi connectivity index (χ2n) is 5.54. The molecule has 0 fully saturated rings. The van der Waals surface area contributed by atoms with Crippen molar-refractivity contribution in [2.75, 3.05) is 12.5 Å². The van der Waals surface area contributed by atoms with E-state index in [0.717, 1.165) is 5.56 Å². The molecule has 1 rings (SSSR count). The Bertz CT molecular complexity index is 395. The molecule has 0 amide bonds. The lowest BCUT2D eigenvalue weighted by Crippen LogP contribution is -2.25. The number of esters is 1. The molecule has 0 spiro atoms. The van der Waals surface area contributed by atoms with Crippen LogP contribution in [0, 0.1) is 12.3 Å². The third kappa shape index (κ3) is 4.34. The van der Waals surface area contributed by atoms with E-state index in [-0.39, 0.29) is 17.3 Å². The van der Waals surface area contributed by atoms with E-state index in [1.807, 2.05) is 52.0 Å². The maximum atomic E-state index is 11.9. The molecule has 0 aliphatic rings. The Labute approximate surface area is 114 Å². The summed E-state index contributed by atoms with van der Waals surface area (Å²) in [6.45, 7) is 8.19. The first-order valence-corrected chi connectivity index (χ1v) is 6.68. The Morgan fingerprint density at radius 3 is 2.39 bits per heavy atom. The maximum Gasteiger partial charge on any atom is 0.313 e. The first-order valence-electron chi connectivity index (χ1n) is 6.15. The molecule has 1 unspecified atom stereocenters. The number of alkyl halides is 1. The summed E-state index contributed by atoms with van der Waals surface area (Å²) in [6, 6.07) is 7.94. The highest BCUT2D eigenvalue weighted by Gasteiger charge is 2.22. The van der Waals surface area contributed by atoms with Crippen LogP contribution in [0.3, 0.4) is 0 Å². The monoisotopic (exact) mass is 268 g/mol. The molecular weight excluding hydrogens is 248 g/mol. The summed E-state index contributed by atoms with van der Waals surface area (Å²) in [6.07, 6.45) is 0. The van der Waals surface area contributed by atoms with Crippen LogP contribution in [0.15, 0.2) is 24.3 Å². The average Bonchev–Trinajstić information content (AvgIpc) is 2.36. The van der Waals surface area contributed by atoms with E-state index < -0.39 is 0 Å². The normalized spacial score (nSPS) is 13.2. The minimum atomic E-state index is -0.239. The van der Waals surface area contributed by atoms with Crippen molar-refractivity contribution in [1.29, 1.82) is 0 Å². The van der Waals surface area contributed by atoms with Gasteiger partial charge in [-0.25, -0.2) is 0 Å². The van der Waals surface area contributed by atoms with Crippen LogP contribution in [0.1, 0.15) is 37.8 Å². The number of ether oxygens (including phenoxy) is 1. The van der Waals surface area contributed by atoms with E-state index in [4.69, 9.17) is 16.3 Å². The summed E-state index contributed by atoms with van der Waals surface area (Å²) in [5.41, 5.74) is 1.99. The predicted octanol–water partition coefficient (Wildman–Crippen LogP) is 3.91. The van der Waals surface area contributed by atoms with Gasteiger partial charge >= 0.3 is 5.97 Å². The lowest BCUT2D eigenvalue weighted by Gasteiger charge is -2.22. The molecule has 0 aromatic heterocycles. The molecule has 1 aromatic rings. The third-order valence-corrected chi connectivity index (χ3v) is 3.62. The van der Waals surface area contributed by atoms with Crippen molar-refractivity contribution in [3.8, 4) is 0 Å². The van der Waals surface area contributed by atoms with Crippen molar-refractivity contribution in [2.45, 2.75) is 33.6 Å². The number of halogens is 1. The topological polar surface area (TPSA) is 26.3 Å². The molecule has 2 nitrogen and oxygen atoms in total. The van der Waals surface area contributed by atoms with Gasteiger partial charge in [0.25, 0.3) is 0 Å². The largest absolute Gasteiger partial charge is 0.465 e.